The number of nitrogens with zero attached hydrogens (tertiary/aromatic N) is 1. The van der Waals surface area contributed by atoms with Gasteiger partial charge in [-0.25, -0.2) is 8.42 Å². The summed E-state index contributed by atoms with van der Waals surface area (Å²) in [5.74, 6) is 1.71. The quantitative estimate of drug-likeness (QED) is 0.925. The molecule has 1 heterocycles. The van der Waals surface area contributed by atoms with Crippen molar-refractivity contribution in [3.8, 4) is 0 Å². The average molecular weight is 300 g/mol. The molecule has 2 atom stereocenters. The molecule has 1 aromatic carbocycles. The smallest absolute Gasteiger partial charge is 0.243 e. The largest absolute Gasteiger partial charge is 0.324 e. The van der Waals surface area contributed by atoms with Gasteiger partial charge in [-0.3, -0.25) is 0 Å². The molecular formula is C13H20N2O2S2. The van der Waals surface area contributed by atoms with Gasteiger partial charge in [-0.2, -0.15) is 16.1 Å². The summed E-state index contributed by atoms with van der Waals surface area (Å²) >= 11 is 1.80. The van der Waals surface area contributed by atoms with Crippen LogP contribution in [0.2, 0.25) is 0 Å². The molecule has 0 saturated carbocycles. The molecule has 2 unspecified atom stereocenters. The number of rotatable bonds is 3. The molecule has 1 saturated heterocycles. The van der Waals surface area contributed by atoms with Crippen LogP contribution >= 0.6 is 11.8 Å². The van der Waals surface area contributed by atoms with Crippen LogP contribution in [0.25, 0.3) is 0 Å². The van der Waals surface area contributed by atoms with Gasteiger partial charge in [0, 0.05) is 30.1 Å². The molecule has 1 aromatic rings. The third-order valence-corrected chi connectivity index (χ3v) is 6.50. The molecule has 0 radical (unpaired) electrons. The molecule has 0 amide bonds. The number of hydrogen-bond acceptors (Lipinski definition) is 4. The predicted octanol–water partition coefficient (Wildman–Crippen LogP) is 1.83. The lowest BCUT2D eigenvalue weighted by Crippen LogP contribution is -2.44. The fourth-order valence-corrected chi connectivity index (χ4v) is 5.07. The summed E-state index contributed by atoms with van der Waals surface area (Å²) < 4.78 is 26.9. The molecule has 106 valence electrons. The highest BCUT2D eigenvalue weighted by Crippen LogP contribution is 2.25. The second-order valence-electron chi connectivity index (χ2n) is 4.90. The Labute approximate surface area is 119 Å². The van der Waals surface area contributed by atoms with Gasteiger partial charge in [-0.1, -0.05) is 12.1 Å². The molecule has 1 aliphatic rings. The van der Waals surface area contributed by atoms with E-state index in [9.17, 15) is 8.42 Å². The molecule has 19 heavy (non-hydrogen) atoms. The summed E-state index contributed by atoms with van der Waals surface area (Å²) in [7, 11) is -3.40. The van der Waals surface area contributed by atoms with Crippen LogP contribution in [0.1, 0.15) is 25.5 Å². The molecule has 0 spiro atoms. The van der Waals surface area contributed by atoms with Crippen molar-refractivity contribution in [2.24, 2.45) is 5.73 Å². The van der Waals surface area contributed by atoms with Crippen molar-refractivity contribution in [3.63, 3.8) is 0 Å². The molecule has 4 nitrogen and oxygen atoms in total. The monoisotopic (exact) mass is 300 g/mol. The first-order chi connectivity index (χ1) is 8.93. The summed E-state index contributed by atoms with van der Waals surface area (Å²) in [5, 5.41) is 0. The van der Waals surface area contributed by atoms with Crippen LogP contribution in [-0.4, -0.2) is 36.8 Å². The van der Waals surface area contributed by atoms with Crippen LogP contribution in [0.15, 0.2) is 29.2 Å². The lowest BCUT2D eigenvalue weighted by atomic mass is 10.1. The minimum absolute atomic E-state index is 0.0442. The van der Waals surface area contributed by atoms with Crippen molar-refractivity contribution in [3.05, 3.63) is 29.8 Å². The normalized spacial score (nSPS) is 23.2. The van der Waals surface area contributed by atoms with Crippen LogP contribution in [0.5, 0.6) is 0 Å². The van der Waals surface area contributed by atoms with Crippen molar-refractivity contribution < 1.29 is 8.42 Å². The van der Waals surface area contributed by atoms with Gasteiger partial charge in [0.05, 0.1) is 4.90 Å². The van der Waals surface area contributed by atoms with Gasteiger partial charge < -0.3 is 5.73 Å². The Hall–Kier alpha value is -0.560. The van der Waals surface area contributed by atoms with Crippen LogP contribution in [-0.2, 0) is 10.0 Å². The SMILES string of the molecule is CC(N)c1cccc(S(=O)(=O)N2CCSCC2C)c1. The standard InChI is InChI=1S/C13H20N2O2S2/c1-10-9-18-7-6-15(10)19(16,17)13-5-3-4-12(8-13)11(2)14/h3-5,8,10-11H,6-7,9,14H2,1-2H3. The number of hydrogen-bond donors (Lipinski definition) is 1. The Morgan fingerprint density at radius 2 is 2.21 bits per heavy atom. The van der Waals surface area contributed by atoms with Gasteiger partial charge in [0.1, 0.15) is 0 Å². The Balaban J connectivity index is 2.36. The number of benzene rings is 1. The number of thioether (sulfide) groups is 1. The van der Waals surface area contributed by atoms with Crippen LogP contribution < -0.4 is 5.73 Å². The van der Waals surface area contributed by atoms with E-state index in [1.807, 2.05) is 19.9 Å². The maximum Gasteiger partial charge on any atom is 0.243 e. The molecule has 6 heteroatoms. The molecule has 2 rings (SSSR count). The van der Waals surface area contributed by atoms with Crippen LogP contribution in [0, 0.1) is 0 Å². The first-order valence-corrected chi connectivity index (χ1v) is 8.97. The second kappa shape index (κ2) is 5.83. The van der Waals surface area contributed by atoms with Crippen molar-refractivity contribution in [2.45, 2.75) is 30.8 Å². The maximum absolute atomic E-state index is 12.6. The minimum atomic E-state index is -3.40. The summed E-state index contributed by atoms with van der Waals surface area (Å²) in [5.41, 5.74) is 6.67. The highest BCUT2D eigenvalue weighted by molar-refractivity contribution is 7.99. The average Bonchev–Trinajstić information content (AvgIpc) is 2.39. The van der Waals surface area contributed by atoms with Gasteiger partial charge in [-0.15, -0.1) is 0 Å². The maximum atomic E-state index is 12.6. The first kappa shape index (κ1) is 14.8. The molecule has 0 bridgehead atoms. The van der Waals surface area contributed by atoms with E-state index in [0.29, 0.717) is 11.4 Å². The highest BCUT2D eigenvalue weighted by atomic mass is 32.2. The summed E-state index contributed by atoms with van der Waals surface area (Å²) in [6.07, 6.45) is 0. The zero-order chi connectivity index (χ0) is 14.0. The second-order valence-corrected chi connectivity index (χ2v) is 7.94. The Bertz CT molecular complexity index is 543. The first-order valence-electron chi connectivity index (χ1n) is 6.38. The van der Waals surface area contributed by atoms with E-state index >= 15 is 0 Å². The van der Waals surface area contributed by atoms with E-state index in [1.54, 1.807) is 34.3 Å². The lowest BCUT2D eigenvalue weighted by molar-refractivity contribution is 0.367. The van der Waals surface area contributed by atoms with E-state index in [2.05, 4.69) is 0 Å². The number of sulfonamides is 1. The van der Waals surface area contributed by atoms with Crippen LogP contribution in [0.4, 0.5) is 0 Å². The predicted molar refractivity (Wildman–Crippen MR) is 79.7 cm³/mol. The van der Waals surface area contributed by atoms with Crippen molar-refractivity contribution in [1.82, 2.24) is 4.31 Å². The van der Waals surface area contributed by atoms with Crippen molar-refractivity contribution >= 4 is 21.8 Å². The molecular weight excluding hydrogens is 280 g/mol. The summed E-state index contributed by atoms with van der Waals surface area (Å²) in [6.45, 7) is 4.39. The lowest BCUT2D eigenvalue weighted by Gasteiger charge is -2.32. The molecule has 1 aliphatic heterocycles. The Morgan fingerprint density at radius 3 is 2.84 bits per heavy atom. The van der Waals surface area contributed by atoms with Gasteiger partial charge in [-0.05, 0) is 31.5 Å². The van der Waals surface area contributed by atoms with E-state index in [4.69, 9.17) is 5.73 Å². The van der Waals surface area contributed by atoms with Gasteiger partial charge in [0.25, 0.3) is 0 Å². The zero-order valence-corrected chi connectivity index (χ0v) is 12.9. The molecule has 0 aromatic heterocycles. The third-order valence-electron chi connectivity index (χ3n) is 3.30. The fourth-order valence-electron chi connectivity index (χ4n) is 2.16. The van der Waals surface area contributed by atoms with Crippen LogP contribution in [0.3, 0.4) is 0 Å². The molecule has 0 aliphatic carbocycles. The van der Waals surface area contributed by atoms with Gasteiger partial charge >= 0.3 is 0 Å². The topological polar surface area (TPSA) is 63.4 Å². The van der Waals surface area contributed by atoms with E-state index < -0.39 is 10.0 Å². The van der Waals surface area contributed by atoms with Crippen molar-refractivity contribution in [2.75, 3.05) is 18.1 Å². The van der Waals surface area contributed by atoms with Crippen molar-refractivity contribution in [1.29, 1.82) is 0 Å². The minimum Gasteiger partial charge on any atom is -0.324 e. The van der Waals surface area contributed by atoms with E-state index in [0.717, 1.165) is 17.1 Å². The van der Waals surface area contributed by atoms with Gasteiger partial charge in [0.2, 0.25) is 10.0 Å². The van der Waals surface area contributed by atoms with Gasteiger partial charge in [0.15, 0.2) is 0 Å². The summed E-state index contributed by atoms with van der Waals surface area (Å²) in [4.78, 5) is 0.348. The molecule has 2 N–H and O–H groups in total. The fraction of sp³-hybridized carbons (Fsp3) is 0.538. The Morgan fingerprint density at radius 1 is 1.47 bits per heavy atom. The Kier molecular flexibility index (Phi) is 4.55. The zero-order valence-electron chi connectivity index (χ0n) is 11.2. The third kappa shape index (κ3) is 3.13. The van der Waals surface area contributed by atoms with E-state index in [1.165, 1.54) is 0 Å². The highest BCUT2D eigenvalue weighted by Gasteiger charge is 2.31. The molecule has 1 fully saturated rings. The summed E-state index contributed by atoms with van der Waals surface area (Å²) in [6, 6.07) is 6.84. The number of nitrogens with two attached hydrogens (primary N) is 1. The van der Waals surface area contributed by atoms with E-state index in [-0.39, 0.29) is 12.1 Å².